The van der Waals surface area contributed by atoms with Gasteiger partial charge in [0.05, 0.1) is 7.11 Å². The number of rotatable bonds is 3. The minimum absolute atomic E-state index is 0.566. The quantitative estimate of drug-likeness (QED) is 0.929. The smallest absolute Gasteiger partial charge is 0.119 e. The standard InChI is InChI=1S/C18H28N2O/c1-13-4-3-9-20(18(13)12-19)16-7-5-14-6-8-17(21-2)11-15(14)10-16/h6,8,11,13,16,18H,3-5,7,9-10,12,19H2,1-2H3. The molecular formula is C18H28N2O. The SMILES string of the molecule is COc1ccc2c(c1)CC(N1CCCC(C)C1CN)CC2. The number of hydrogen-bond acceptors (Lipinski definition) is 3. The van der Waals surface area contributed by atoms with E-state index in [4.69, 9.17) is 10.5 Å². The van der Waals surface area contributed by atoms with Crippen LogP contribution in [0.2, 0.25) is 0 Å². The fourth-order valence-electron chi connectivity index (χ4n) is 4.23. The van der Waals surface area contributed by atoms with Crippen molar-refractivity contribution in [1.29, 1.82) is 0 Å². The highest BCUT2D eigenvalue weighted by Gasteiger charge is 2.33. The second-order valence-corrected chi connectivity index (χ2v) is 6.69. The van der Waals surface area contributed by atoms with Crippen LogP contribution in [0.5, 0.6) is 5.75 Å². The number of hydrogen-bond donors (Lipinski definition) is 1. The van der Waals surface area contributed by atoms with Crippen molar-refractivity contribution in [1.82, 2.24) is 4.90 Å². The Labute approximate surface area is 128 Å². The molecule has 0 spiro atoms. The van der Waals surface area contributed by atoms with Crippen molar-refractivity contribution in [2.45, 2.75) is 51.1 Å². The summed E-state index contributed by atoms with van der Waals surface area (Å²) in [5, 5.41) is 0. The fourth-order valence-corrected chi connectivity index (χ4v) is 4.23. The molecule has 1 heterocycles. The van der Waals surface area contributed by atoms with Crippen LogP contribution in [0.25, 0.3) is 0 Å². The van der Waals surface area contributed by atoms with E-state index in [1.807, 2.05) is 0 Å². The highest BCUT2D eigenvalue weighted by Crippen LogP contribution is 2.32. The maximum Gasteiger partial charge on any atom is 0.119 e. The lowest BCUT2D eigenvalue weighted by molar-refractivity contribution is 0.0557. The van der Waals surface area contributed by atoms with Crippen LogP contribution in [-0.4, -0.2) is 37.2 Å². The molecule has 3 unspecified atom stereocenters. The van der Waals surface area contributed by atoms with Crippen LogP contribution in [0.15, 0.2) is 18.2 Å². The van der Waals surface area contributed by atoms with Gasteiger partial charge in [-0.25, -0.2) is 0 Å². The summed E-state index contributed by atoms with van der Waals surface area (Å²) in [6.07, 6.45) is 6.25. The van der Waals surface area contributed by atoms with Crippen molar-refractivity contribution in [3.05, 3.63) is 29.3 Å². The van der Waals surface area contributed by atoms with E-state index in [2.05, 4.69) is 30.0 Å². The summed E-state index contributed by atoms with van der Waals surface area (Å²) in [6.45, 7) is 4.38. The van der Waals surface area contributed by atoms with Crippen molar-refractivity contribution in [3.63, 3.8) is 0 Å². The van der Waals surface area contributed by atoms with Gasteiger partial charge in [0.1, 0.15) is 5.75 Å². The summed E-state index contributed by atoms with van der Waals surface area (Å²) in [5.41, 5.74) is 9.04. The van der Waals surface area contributed by atoms with E-state index in [0.29, 0.717) is 12.1 Å². The van der Waals surface area contributed by atoms with Gasteiger partial charge in [-0.2, -0.15) is 0 Å². The molecule has 0 aromatic heterocycles. The van der Waals surface area contributed by atoms with E-state index in [1.165, 1.54) is 43.4 Å². The number of ether oxygens (including phenoxy) is 1. The van der Waals surface area contributed by atoms with Crippen molar-refractivity contribution >= 4 is 0 Å². The lowest BCUT2D eigenvalue weighted by Gasteiger charge is -2.45. The van der Waals surface area contributed by atoms with Crippen LogP contribution in [0.3, 0.4) is 0 Å². The molecule has 2 N–H and O–H groups in total. The molecule has 1 fully saturated rings. The molecule has 0 bridgehead atoms. The normalized spacial score (nSPS) is 30.0. The molecule has 3 nitrogen and oxygen atoms in total. The zero-order valence-electron chi connectivity index (χ0n) is 13.3. The fraction of sp³-hybridized carbons (Fsp3) is 0.667. The molecule has 21 heavy (non-hydrogen) atoms. The van der Waals surface area contributed by atoms with Crippen LogP contribution in [-0.2, 0) is 12.8 Å². The maximum atomic E-state index is 6.07. The first kappa shape index (κ1) is 14.9. The van der Waals surface area contributed by atoms with Gasteiger partial charge in [0.15, 0.2) is 0 Å². The molecule has 3 rings (SSSR count). The Balaban J connectivity index is 1.78. The van der Waals surface area contributed by atoms with Gasteiger partial charge in [-0.05, 0) is 67.8 Å². The van der Waals surface area contributed by atoms with Crippen molar-refractivity contribution in [2.75, 3.05) is 20.2 Å². The van der Waals surface area contributed by atoms with E-state index >= 15 is 0 Å². The number of fused-ring (bicyclic) bond motifs is 1. The molecule has 2 aliphatic rings. The van der Waals surface area contributed by atoms with E-state index in [9.17, 15) is 0 Å². The van der Waals surface area contributed by atoms with Crippen molar-refractivity contribution < 1.29 is 4.74 Å². The van der Waals surface area contributed by atoms with Crippen LogP contribution >= 0.6 is 0 Å². The number of benzene rings is 1. The number of nitrogens with zero attached hydrogens (tertiary/aromatic N) is 1. The number of likely N-dealkylation sites (tertiary alicyclic amines) is 1. The van der Waals surface area contributed by atoms with Gasteiger partial charge in [-0.3, -0.25) is 4.90 Å². The molecule has 3 heteroatoms. The zero-order valence-corrected chi connectivity index (χ0v) is 13.3. The van der Waals surface area contributed by atoms with Gasteiger partial charge in [0, 0.05) is 18.6 Å². The summed E-state index contributed by atoms with van der Waals surface area (Å²) >= 11 is 0. The van der Waals surface area contributed by atoms with Gasteiger partial charge in [0.25, 0.3) is 0 Å². The Kier molecular flexibility index (Phi) is 4.51. The van der Waals surface area contributed by atoms with Gasteiger partial charge in [-0.15, -0.1) is 0 Å². The van der Waals surface area contributed by atoms with Crippen molar-refractivity contribution in [2.24, 2.45) is 11.7 Å². The Morgan fingerprint density at radius 3 is 2.90 bits per heavy atom. The third kappa shape index (κ3) is 2.95. The molecule has 1 saturated heterocycles. The highest BCUT2D eigenvalue weighted by molar-refractivity contribution is 5.38. The van der Waals surface area contributed by atoms with E-state index in [0.717, 1.165) is 24.6 Å². The molecule has 116 valence electrons. The summed E-state index contributed by atoms with van der Waals surface area (Å²) in [7, 11) is 1.75. The Bertz CT molecular complexity index is 488. The van der Waals surface area contributed by atoms with Gasteiger partial charge in [-0.1, -0.05) is 13.0 Å². The highest BCUT2D eigenvalue weighted by atomic mass is 16.5. The number of aryl methyl sites for hydroxylation is 1. The van der Waals surface area contributed by atoms with Crippen LogP contribution in [0.4, 0.5) is 0 Å². The first-order valence-corrected chi connectivity index (χ1v) is 8.34. The summed E-state index contributed by atoms with van der Waals surface area (Å²) in [6, 6.07) is 7.78. The summed E-state index contributed by atoms with van der Waals surface area (Å²) in [5.74, 6) is 1.72. The molecule has 1 aromatic rings. The van der Waals surface area contributed by atoms with E-state index < -0.39 is 0 Å². The molecule has 1 aromatic carbocycles. The predicted molar refractivity (Wildman–Crippen MR) is 86.8 cm³/mol. The minimum Gasteiger partial charge on any atom is -0.497 e. The third-order valence-corrected chi connectivity index (χ3v) is 5.48. The number of methoxy groups -OCH3 is 1. The van der Waals surface area contributed by atoms with Crippen LogP contribution in [0, 0.1) is 5.92 Å². The molecule has 3 atom stereocenters. The Hall–Kier alpha value is -1.06. The molecule has 1 aliphatic heterocycles. The third-order valence-electron chi connectivity index (χ3n) is 5.48. The molecule has 1 aliphatic carbocycles. The first-order chi connectivity index (χ1) is 10.2. The average Bonchev–Trinajstić information content (AvgIpc) is 2.53. The van der Waals surface area contributed by atoms with Gasteiger partial charge in [0.2, 0.25) is 0 Å². The molecule has 0 amide bonds. The summed E-state index contributed by atoms with van der Waals surface area (Å²) in [4.78, 5) is 2.70. The first-order valence-electron chi connectivity index (χ1n) is 8.34. The predicted octanol–water partition coefficient (Wildman–Crippen LogP) is 2.61. The lowest BCUT2D eigenvalue weighted by atomic mass is 9.83. The Morgan fingerprint density at radius 1 is 1.29 bits per heavy atom. The topological polar surface area (TPSA) is 38.5 Å². The van der Waals surface area contributed by atoms with E-state index in [1.54, 1.807) is 7.11 Å². The Morgan fingerprint density at radius 2 is 2.14 bits per heavy atom. The average molecular weight is 288 g/mol. The zero-order chi connectivity index (χ0) is 14.8. The second kappa shape index (κ2) is 6.37. The second-order valence-electron chi connectivity index (χ2n) is 6.69. The molecule has 0 radical (unpaired) electrons. The lowest BCUT2D eigenvalue weighted by Crippen LogP contribution is -2.54. The number of nitrogens with two attached hydrogens (primary N) is 1. The van der Waals surface area contributed by atoms with Crippen LogP contribution in [0.1, 0.15) is 37.3 Å². The monoisotopic (exact) mass is 288 g/mol. The van der Waals surface area contributed by atoms with Gasteiger partial charge < -0.3 is 10.5 Å². The summed E-state index contributed by atoms with van der Waals surface area (Å²) < 4.78 is 5.39. The van der Waals surface area contributed by atoms with Crippen LogP contribution < -0.4 is 10.5 Å². The van der Waals surface area contributed by atoms with Crippen molar-refractivity contribution in [3.8, 4) is 5.75 Å². The largest absolute Gasteiger partial charge is 0.497 e. The number of piperidine rings is 1. The minimum atomic E-state index is 0.566. The van der Waals surface area contributed by atoms with E-state index in [-0.39, 0.29) is 0 Å². The van der Waals surface area contributed by atoms with Gasteiger partial charge >= 0.3 is 0 Å². The molecule has 0 saturated carbocycles. The molecular weight excluding hydrogens is 260 g/mol. The maximum absolute atomic E-state index is 6.07.